The molecule has 2 nitrogen and oxygen atoms in total. The number of hydrogen-bond donors (Lipinski definition) is 1. The summed E-state index contributed by atoms with van der Waals surface area (Å²) < 4.78 is 5.21. The summed E-state index contributed by atoms with van der Waals surface area (Å²) in [4.78, 5) is 0. The molecule has 58 valence electrons. The van der Waals surface area contributed by atoms with E-state index in [-0.39, 0.29) is 0 Å². The predicted molar refractivity (Wildman–Crippen MR) is 39.8 cm³/mol. The third-order valence-electron chi connectivity index (χ3n) is 1.75. The van der Waals surface area contributed by atoms with Gasteiger partial charge in [0, 0.05) is 6.61 Å². The molecule has 0 amide bonds. The van der Waals surface area contributed by atoms with Gasteiger partial charge in [0.1, 0.15) is 6.10 Å². The number of ether oxygens (including phenoxy) is 1. The molecule has 1 saturated heterocycles. The van der Waals surface area contributed by atoms with Gasteiger partial charge in [-0.1, -0.05) is 6.08 Å². The lowest BCUT2D eigenvalue weighted by atomic mass is 10.1. The van der Waals surface area contributed by atoms with Gasteiger partial charge < -0.3 is 9.84 Å². The Balaban J connectivity index is 1.91. The molecule has 0 radical (unpaired) electrons. The second-order valence-corrected chi connectivity index (χ2v) is 2.59. The SMILES string of the molecule is C=C[C@@H]1O[C@H]1CCCCO. The Bertz CT molecular complexity index is 112. The van der Waals surface area contributed by atoms with Crippen LogP contribution in [0.1, 0.15) is 19.3 Å². The minimum Gasteiger partial charge on any atom is -0.396 e. The molecular weight excluding hydrogens is 128 g/mol. The fourth-order valence-electron chi connectivity index (χ4n) is 1.05. The van der Waals surface area contributed by atoms with Gasteiger partial charge in [-0.3, -0.25) is 0 Å². The van der Waals surface area contributed by atoms with Gasteiger partial charge in [-0.2, -0.15) is 0 Å². The van der Waals surface area contributed by atoms with Crippen molar-refractivity contribution in [1.82, 2.24) is 0 Å². The second kappa shape index (κ2) is 3.74. The van der Waals surface area contributed by atoms with Crippen LogP contribution in [0.3, 0.4) is 0 Å². The average molecular weight is 142 g/mol. The maximum atomic E-state index is 8.46. The second-order valence-electron chi connectivity index (χ2n) is 2.59. The lowest BCUT2D eigenvalue weighted by Gasteiger charge is -1.91. The molecule has 0 spiro atoms. The van der Waals surface area contributed by atoms with E-state index in [1.165, 1.54) is 0 Å². The number of rotatable bonds is 5. The molecule has 2 atom stereocenters. The zero-order valence-electron chi connectivity index (χ0n) is 6.12. The lowest BCUT2D eigenvalue weighted by molar-refractivity contribution is 0.278. The number of unbranched alkanes of at least 4 members (excludes halogenated alkanes) is 1. The van der Waals surface area contributed by atoms with Crippen molar-refractivity contribution in [3.63, 3.8) is 0 Å². The van der Waals surface area contributed by atoms with E-state index < -0.39 is 0 Å². The summed E-state index contributed by atoms with van der Waals surface area (Å²) in [6.45, 7) is 3.92. The number of epoxide rings is 1. The summed E-state index contributed by atoms with van der Waals surface area (Å²) in [5, 5.41) is 8.46. The standard InChI is InChI=1S/C8H14O2/c1-2-7-8(10-7)5-3-4-6-9/h2,7-9H,1,3-6H2/t7-,8-/m0/s1. The van der Waals surface area contributed by atoms with Gasteiger partial charge in [0.15, 0.2) is 0 Å². The van der Waals surface area contributed by atoms with Crippen LogP contribution >= 0.6 is 0 Å². The highest BCUT2D eigenvalue weighted by Gasteiger charge is 2.34. The minimum atomic E-state index is 0.297. The van der Waals surface area contributed by atoms with Gasteiger partial charge in [-0.05, 0) is 19.3 Å². The van der Waals surface area contributed by atoms with Gasteiger partial charge >= 0.3 is 0 Å². The van der Waals surface area contributed by atoms with Crippen LogP contribution in [0, 0.1) is 0 Å². The molecule has 1 N–H and O–H groups in total. The first kappa shape index (κ1) is 7.76. The molecule has 1 heterocycles. The van der Waals surface area contributed by atoms with Crippen molar-refractivity contribution in [2.75, 3.05) is 6.61 Å². The van der Waals surface area contributed by atoms with E-state index in [0.29, 0.717) is 18.8 Å². The van der Waals surface area contributed by atoms with Gasteiger partial charge in [0.05, 0.1) is 6.10 Å². The lowest BCUT2D eigenvalue weighted by Crippen LogP contribution is -1.91. The van der Waals surface area contributed by atoms with Gasteiger partial charge in [0.25, 0.3) is 0 Å². The molecule has 2 heteroatoms. The van der Waals surface area contributed by atoms with Gasteiger partial charge in [-0.25, -0.2) is 0 Å². The summed E-state index contributed by atoms with van der Waals surface area (Å²) in [7, 11) is 0. The first-order valence-corrected chi connectivity index (χ1v) is 3.77. The largest absolute Gasteiger partial charge is 0.396 e. The topological polar surface area (TPSA) is 32.8 Å². The molecule has 0 aromatic rings. The van der Waals surface area contributed by atoms with Crippen molar-refractivity contribution in [2.24, 2.45) is 0 Å². The fraction of sp³-hybridized carbons (Fsp3) is 0.750. The van der Waals surface area contributed by atoms with Crippen molar-refractivity contribution in [3.8, 4) is 0 Å². The molecule has 1 aliphatic rings. The highest BCUT2D eigenvalue weighted by molar-refractivity contribution is 4.97. The van der Waals surface area contributed by atoms with Crippen LogP contribution in [-0.2, 0) is 4.74 Å². The summed E-state index contributed by atoms with van der Waals surface area (Å²) in [6, 6.07) is 0. The zero-order chi connectivity index (χ0) is 7.40. The van der Waals surface area contributed by atoms with E-state index in [9.17, 15) is 0 Å². The van der Waals surface area contributed by atoms with Crippen LogP contribution in [0.2, 0.25) is 0 Å². The minimum absolute atomic E-state index is 0.297. The van der Waals surface area contributed by atoms with E-state index in [0.717, 1.165) is 19.3 Å². The van der Waals surface area contributed by atoms with Crippen LogP contribution in [0.25, 0.3) is 0 Å². The van der Waals surface area contributed by atoms with Gasteiger partial charge in [-0.15, -0.1) is 6.58 Å². The maximum absolute atomic E-state index is 8.46. The van der Waals surface area contributed by atoms with Crippen LogP contribution in [0.5, 0.6) is 0 Å². The summed E-state index contributed by atoms with van der Waals surface area (Å²) in [6.07, 6.45) is 5.57. The van der Waals surface area contributed by atoms with Crippen molar-refractivity contribution in [2.45, 2.75) is 31.5 Å². The summed E-state index contributed by atoms with van der Waals surface area (Å²) in [5.74, 6) is 0. The van der Waals surface area contributed by atoms with Crippen LogP contribution in [0.4, 0.5) is 0 Å². The Labute approximate surface area is 61.5 Å². The van der Waals surface area contributed by atoms with E-state index in [1.54, 1.807) is 0 Å². The number of aliphatic hydroxyl groups excluding tert-OH is 1. The third-order valence-corrected chi connectivity index (χ3v) is 1.75. The molecule has 0 saturated carbocycles. The Morgan fingerprint density at radius 1 is 1.50 bits per heavy atom. The van der Waals surface area contributed by atoms with Crippen LogP contribution < -0.4 is 0 Å². The normalized spacial score (nSPS) is 30.1. The molecule has 0 bridgehead atoms. The van der Waals surface area contributed by atoms with E-state index >= 15 is 0 Å². The molecule has 1 rings (SSSR count). The fourth-order valence-corrected chi connectivity index (χ4v) is 1.05. The Hall–Kier alpha value is -0.340. The average Bonchev–Trinajstić information content (AvgIpc) is 2.68. The Kier molecular flexibility index (Phi) is 2.90. The monoisotopic (exact) mass is 142 g/mol. The molecule has 0 aromatic heterocycles. The van der Waals surface area contributed by atoms with E-state index in [4.69, 9.17) is 9.84 Å². The van der Waals surface area contributed by atoms with Crippen molar-refractivity contribution >= 4 is 0 Å². The molecule has 10 heavy (non-hydrogen) atoms. The summed E-state index contributed by atoms with van der Waals surface area (Å²) >= 11 is 0. The maximum Gasteiger partial charge on any atom is 0.102 e. The van der Waals surface area contributed by atoms with E-state index in [2.05, 4.69) is 6.58 Å². The van der Waals surface area contributed by atoms with Crippen molar-refractivity contribution < 1.29 is 9.84 Å². The molecule has 0 unspecified atom stereocenters. The van der Waals surface area contributed by atoms with E-state index in [1.807, 2.05) is 6.08 Å². The first-order chi connectivity index (χ1) is 4.88. The molecule has 1 aliphatic heterocycles. The van der Waals surface area contributed by atoms with Crippen molar-refractivity contribution in [1.29, 1.82) is 0 Å². The molecule has 1 fully saturated rings. The van der Waals surface area contributed by atoms with Crippen LogP contribution in [-0.4, -0.2) is 23.9 Å². The Morgan fingerprint density at radius 2 is 2.30 bits per heavy atom. The zero-order valence-corrected chi connectivity index (χ0v) is 6.12. The highest BCUT2D eigenvalue weighted by atomic mass is 16.6. The third kappa shape index (κ3) is 2.12. The first-order valence-electron chi connectivity index (χ1n) is 3.77. The highest BCUT2D eigenvalue weighted by Crippen LogP contribution is 2.27. The quantitative estimate of drug-likeness (QED) is 0.354. The van der Waals surface area contributed by atoms with Crippen molar-refractivity contribution in [3.05, 3.63) is 12.7 Å². The molecule has 0 aliphatic carbocycles. The Morgan fingerprint density at radius 3 is 2.80 bits per heavy atom. The van der Waals surface area contributed by atoms with Crippen LogP contribution in [0.15, 0.2) is 12.7 Å². The predicted octanol–water partition coefficient (Wildman–Crippen LogP) is 1.10. The number of hydrogen-bond acceptors (Lipinski definition) is 2. The smallest absolute Gasteiger partial charge is 0.102 e. The van der Waals surface area contributed by atoms with Gasteiger partial charge in [0.2, 0.25) is 0 Å². The number of aliphatic hydroxyl groups is 1. The molecule has 0 aromatic carbocycles. The molecular formula is C8H14O2. The summed E-state index contributed by atoms with van der Waals surface area (Å²) in [5.41, 5.74) is 0.